The summed E-state index contributed by atoms with van der Waals surface area (Å²) in [6, 6.07) is -0.131. The lowest BCUT2D eigenvalue weighted by atomic mass is 10.1. The Morgan fingerprint density at radius 3 is 1.92 bits per heavy atom. The number of ether oxygens (including phenoxy) is 2. The van der Waals surface area contributed by atoms with Crippen molar-refractivity contribution in [3.8, 4) is 0 Å². The molecule has 1 unspecified atom stereocenters. The van der Waals surface area contributed by atoms with Crippen molar-refractivity contribution >= 4 is 12.1 Å². The second kappa shape index (κ2) is 9.87. The minimum atomic E-state index is -0.494. The lowest BCUT2D eigenvalue weighted by molar-refractivity contribution is -0.157. The van der Waals surface area contributed by atoms with Crippen LogP contribution in [-0.4, -0.2) is 41.9 Å². The van der Waals surface area contributed by atoms with E-state index in [2.05, 4.69) is 10.6 Å². The van der Waals surface area contributed by atoms with Gasteiger partial charge in [-0.25, -0.2) is 4.79 Å². The molecule has 0 aliphatic rings. The molecular weight excluding hydrogens is 308 g/mol. The molecule has 6 heteroatoms. The summed E-state index contributed by atoms with van der Waals surface area (Å²) in [6.07, 6.45) is 1.84. The summed E-state index contributed by atoms with van der Waals surface area (Å²) in [5, 5.41) is 5.97. The standard InChI is InChI=1S/C18H36N2O4/c1-13(2)20-14(15(21)23-17(3,4)5)11-9-10-12-19-16(22)24-18(6,7)8/h13-14,20H,9-12H2,1-8H3,(H,19,22). The van der Waals surface area contributed by atoms with Gasteiger partial charge in [-0.1, -0.05) is 13.8 Å². The maximum absolute atomic E-state index is 12.2. The number of unbranched alkanes of at least 4 members (excludes halogenated alkanes) is 1. The molecule has 0 saturated heterocycles. The third kappa shape index (κ3) is 13.2. The number of carbonyl (C=O) groups is 2. The van der Waals surface area contributed by atoms with Crippen molar-refractivity contribution in [1.82, 2.24) is 10.6 Å². The highest BCUT2D eigenvalue weighted by Gasteiger charge is 2.25. The molecule has 0 aliphatic heterocycles. The summed E-state index contributed by atoms with van der Waals surface area (Å²) in [5.74, 6) is -0.226. The Morgan fingerprint density at radius 2 is 1.46 bits per heavy atom. The predicted octanol–water partition coefficient (Wildman–Crippen LogP) is 3.39. The molecular formula is C18H36N2O4. The van der Waals surface area contributed by atoms with Gasteiger partial charge in [0.2, 0.25) is 0 Å². The molecule has 0 heterocycles. The summed E-state index contributed by atoms with van der Waals surface area (Å²) in [7, 11) is 0. The highest BCUT2D eigenvalue weighted by atomic mass is 16.6. The smallest absolute Gasteiger partial charge is 0.407 e. The van der Waals surface area contributed by atoms with E-state index in [1.807, 2.05) is 55.4 Å². The van der Waals surface area contributed by atoms with Crippen molar-refractivity contribution in [1.29, 1.82) is 0 Å². The predicted molar refractivity (Wildman–Crippen MR) is 96.0 cm³/mol. The summed E-state index contributed by atoms with van der Waals surface area (Å²) < 4.78 is 10.6. The van der Waals surface area contributed by atoms with Gasteiger partial charge in [0.15, 0.2) is 0 Å². The van der Waals surface area contributed by atoms with Gasteiger partial charge >= 0.3 is 12.1 Å². The molecule has 6 nitrogen and oxygen atoms in total. The minimum absolute atomic E-state index is 0.197. The van der Waals surface area contributed by atoms with Gasteiger partial charge in [-0.05, 0) is 60.8 Å². The molecule has 0 spiro atoms. The molecule has 0 fully saturated rings. The molecule has 0 aromatic rings. The van der Waals surface area contributed by atoms with Gasteiger partial charge in [0, 0.05) is 12.6 Å². The molecule has 24 heavy (non-hydrogen) atoms. The first-order valence-electron chi connectivity index (χ1n) is 8.76. The molecule has 0 aromatic heterocycles. The van der Waals surface area contributed by atoms with Gasteiger partial charge in [-0.2, -0.15) is 0 Å². The average Bonchev–Trinajstić information content (AvgIpc) is 2.32. The van der Waals surface area contributed by atoms with Crippen molar-refractivity contribution in [3.63, 3.8) is 0 Å². The third-order valence-corrected chi connectivity index (χ3v) is 2.81. The van der Waals surface area contributed by atoms with Gasteiger partial charge in [-0.15, -0.1) is 0 Å². The number of rotatable bonds is 8. The minimum Gasteiger partial charge on any atom is -0.459 e. The highest BCUT2D eigenvalue weighted by Crippen LogP contribution is 2.12. The number of hydrogen-bond acceptors (Lipinski definition) is 5. The van der Waals surface area contributed by atoms with Crippen molar-refractivity contribution in [2.45, 2.75) is 97.9 Å². The fourth-order valence-electron chi connectivity index (χ4n) is 2.02. The van der Waals surface area contributed by atoms with Crippen LogP contribution in [0.1, 0.15) is 74.7 Å². The largest absolute Gasteiger partial charge is 0.459 e. The molecule has 0 rings (SSSR count). The maximum atomic E-state index is 12.2. The SMILES string of the molecule is CC(C)NC(CCCCNC(=O)OC(C)(C)C)C(=O)OC(C)(C)C. The van der Waals surface area contributed by atoms with Crippen molar-refractivity contribution < 1.29 is 19.1 Å². The van der Waals surface area contributed by atoms with Crippen LogP contribution in [0.25, 0.3) is 0 Å². The topological polar surface area (TPSA) is 76.7 Å². The lowest BCUT2D eigenvalue weighted by Crippen LogP contribution is -2.44. The van der Waals surface area contributed by atoms with Crippen LogP contribution in [0.2, 0.25) is 0 Å². The van der Waals surface area contributed by atoms with E-state index in [1.165, 1.54) is 0 Å². The molecule has 0 saturated carbocycles. The number of esters is 1. The van der Waals surface area contributed by atoms with Crippen LogP contribution in [0.3, 0.4) is 0 Å². The van der Waals surface area contributed by atoms with Crippen LogP contribution in [0.4, 0.5) is 4.79 Å². The summed E-state index contributed by atoms with van der Waals surface area (Å²) in [4.78, 5) is 23.8. The van der Waals surface area contributed by atoms with E-state index in [1.54, 1.807) is 0 Å². The zero-order valence-electron chi connectivity index (χ0n) is 16.6. The lowest BCUT2D eigenvalue weighted by Gasteiger charge is -2.26. The van der Waals surface area contributed by atoms with Crippen LogP contribution >= 0.6 is 0 Å². The van der Waals surface area contributed by atoms with Gasteiger partial charge in [0.25, 0.3) is 0 Å². The number of amides is 1. The van der Waals surface area contributed by atoms with E-state index in [-0.39, 0.29) is 18.1 Å². The number of alkyl carbamates (subject to hydrolysis) is 1. The summed E-state index contributed by atoms with van der Waals surface area (Å²) >= 11 is 0. The third-order valence-electron chi connectivity index (χ3n) is 2.81. The van der Waals surface area contributed by atoms with Crippen LogP contribution in [0.15, 0.2) is 0 Å². The second-order valence-electron chi connectivity index (χ2n) is 8.33. The molecule has 0 aromatic carbocycles. The first-order valence-corrected chi connectivity index (χ1v) is 8.76. The normalized spacial score (nSPS) is 13.5. The Bertz CT molecular complexity index is 395. The number of carbonyl (C=O) groups excluding carboxylic acids is 2. The van der Waals surface area contributed by atoms with Gasteiger partial charge in [-0.3, -0.25) is 4.79 Å². The quantitative estimate of drug-likeness (QED) is 0.521. The van der Waals surface area contributed by atoms with E-state index >= 15 is 0 Å². The Hall–Kier alpha value is -1.30. The zero-order chi connectivity index (χ0) is 19.0. The molecule has 1 atom stereocenters. The molecule has 0 bridgehead atoms. The first-order chi connectivity index (χ1) is 10.8. The van der Waals surface area contributed by atoms with Crippen LogP contribution in [0, 0.1) is 0 Å². The van der Waals surface area contributed by atoms with E-state index in [9.17, 15) is 9.59 Å². The molecule has 0 aliphatic carbocycles. The Balaban J connectivity index is 4.20. The fourth-order valence-corrected chi connectivity index (χ4v) is 2.02. The monoisotopic (exact) mass is 344 g/mol. The van der Waals surface area contributed by atoms with Crippen LogP contribution < -0.4 is 10.6 Å². The maximum Gasteiger partial charge on any atom is 0.407 e. The van der Waals surface area contributed by atoms with Gasteiger partial charge in [0.1, 0.15) is 17.2 Å². The van der Waals surface area contributed by atoms with Crippen molar-refractivity contribution in [2.24, 2.45) is 0 Å². The Kier molecular flexibility index (Phi) is 9.33. The number of nitrogens with one attached hydrogen (secondary N) is 2. The van der Waals surface area contributed by atoms with E-state index in [0.29, 0.717) is 13.0 Å². The van der Waals surface area contributed by atoms with E-state index in [4.69, 9.17) is 9.47 Å². The van der Waals surface area contributed by atoms with Gasteiger partial charge < -0.3 is 20.1 Å². The average molecular weight is 344 g/mol. The molecule has 142 valence electrons. The summed E-state index contributed by atoms with van der Waals surface area (Å²) in [6.45, 7) is 15.6. The zero-order valence-corrected chi connectivity index (χ0v) is 16.6. The highest BCUT2D eigenvalue weighted by molar-refractivity contribution is 5.76. The Labute approximate surface area is 147 Å². The number of hydrogen-bond donors (Lipinski definition) is 2. The van der Waals surface area contributed by atoms with Crippen molar-refractivity contribution in [3.05, 3.63) is 0 Å². The first kappa shape index (κ1) is 22.7. The van der Waals surface area contributed by atoms with E-state index < -0.39 is 17.3 Å². The van der Waals surface area contributed by atoms with Gasteiger partial charge in [0.05, 0.1) is 0 Å². The summed E-state index contributed by atoms with van der Waals surface area (Å²) in [5.41, 5.74) is -0.987. The molecule has 1 amide bonds. The van der Waals surface area contributed by atoms with Crippen LogP contribution in [0.5, 0.6) is 0 Å². The fraction of sp³-hybridized carbons (Fsp3) is 0.889. The van der Waals surface area contributed by atoms with E-state index in [0.717, 1.165) is 12.8 Å². The second-order valence-corrected chi connectivity index (χ2v) is 8.33. The van der Waals surface area contributed by atoms with Crippen LogP contribution in [-0.2, 0) is 14.3 Å². The molecule has 2 N–H and O–H groups in total. The molecule has 0 radical (unpaired) electrons. The van der Waals surface area contributed by atoms with Crippen molar-refractivity contribution in [2.75, 3.05) is 6.54 Å². The Morgan fingerprint density at radius 1 is 0.917 bits per heavy atom.